The van der Waals surface area contributed by atoms with Crippen LogP contribution in [0.3, 0.4) is 0 Å². The Hall–Kier alpha value is -1.14. The fraction of sp³-hybridized carbons (Fsp3) is 0.0833. The Morgan fingerprint density at radius 1 is 1.33 bits per heavy atom. The van der Waals surface area contributed by atoms with Crippen LogP contribution >= 0.6 is 31.9 Å². The molecule has 0 fully saturated rings. The minimum Gasteiger partial charge on any atom is -0.345 e. The summed E-state index contributed by atoms with van der Waals surface area (Å²) in [5.41, 5.74) is 0.885. The number of carbonyl (C=O) groups is 1. The molecule has 0 radical (unpaired) electrons. The molecule has 0 spiro atoms. The first-order chi connectivity index (χ1) is 8.47. The van der Waals surface area contributed by atoms with Gasteiger partial charge in [-0.15, -0.1) is 0 Å². The summed E-state index contributed by atoms with van der Waals surface area (Å²) in [6, 6.07) is 5.83. The molecule has 94 valence electrons. The van der Waals surface area contributed by atoms with Gasteiger partial charge < -0.3 is 9.88 Å². The lowest BCUT2D eigenvalue weighted by molar-refractivity contribution is 0.101. The molecule has 1 N–H and O–H groups in total. The zero-order valence-corrected chi connectivity index (χ0v) is 12.5. The molecule has 0 unspecified atom stereocenters. The number of nitrogens with zero attached hydrogens (tertiary/aromatic N) is 1. The van der Waals surface area contributed by atoms with Crippen LogP contribution in [0.5, 0.6) is 0 Å². The third kappa shape index (κ3) is 2.81. The van der Waals surface area contributed by atoms with Crippen LogP contribution in [0.15, 0.2) is 39.4 Å². The molecular formula is C12H9Br2FN2O. The normalized spacial score (nSPS) is 10.4. The molecule has 18 heavy (non-hydrogen) atoms. The minimum atomic E-state index is -0.401. The van der Waals surface area contributed by atoms with Gasteiger partial charge in [-0.1, -0.05) is 0 Å². The van der Waals surface area contributed by atoms with Crippen molar-refractivity contribution >= 4 is 43.5 Å². The van der Waals surface area contributed by atoms with Gasteiger partial charge in [0.2, 0.25) is 0 Å². The van der Waals surface area contributed by atoms with Crippen LogP contribution in [-0.2, 0) is 7.05 Å². The SMILES string of the molecule is Cn1cc(Br)cc1C(=O)Nc1cc(F)ccc1Br. The maximum Gasteiger partial charge on any atom is 0.272 e. The van der Waals surface area contributed by atoms with Crippen molar-refractivity contribution in [3.8, 4) is 0 Å². The fourth-order valence-electron chi connectivity index (χ4n) is 1.53. The summed E-state index contributed by atoms with van der Waals surface area (Å²) in [5.74, 6) is -0.698. The van der Waals surface area contributed by atoms with Crippen molar-refractivity contribution in [1.82, 2.24) is 4.57 Å². The fourth-order valence-corrected chi connectivity index (χ4v) is 2.40. The predicted molar refractivity (Wildman–Crippen MR) is 75.2 cm³/mol. The van der Waals surface area contributed by atoms with Gasteiger partial charge in [0.1, 0.15) is 11.5 Å². The summed E-state index contributed by atoms with van der Waals surface area (Å²) >= 11 is 6.55. The molecule has 3 nitrogen and oxygen atoms in total. The molecule has 0 aliphatic carbocycles. The van der Waals surface area contributed by atoms with E-state index in [1.54, 1.807) is 29.9 Å². The van der Waals surface area contributed by atoms with Crippen molar-refractivity contribution in [2.24, 2.45) is 7.05 Å². The summed E-state index contributed by atoms with van der Waals surface area (Å²) in [7, 11) is 1.76. The van der Waals surface area contributed by atoms with Crippen molar-refractivity contribution < 1.29 is 9.18 Å². The Morgan fingerprint density at radius 3 is 2.67 bits per heavy atom. The number of carbonyl (C=O) groups excluding carboxylic acids is 1. The number of halogens is 3. The van der Waals surface area contributed by atoms with Gasteiger partial charge in [0, 0.05) is 22.2 Å². The van der Waals surface area contributed by atoms with Gasteiger partial charge in [-0.05, 0) is 56.1 Å². The van der Waals surface area contributed by atoms with E-state index in [-0.39, 0.29) is 5.91 Å². The molecule has 1 heterocycles. The lowest BCUT2D eigenvalue weighted by atomic mass is 10.3. The molecule has 6 heteroatoms. The van der Waals surface area contributed by atoms with Crippen molar-refractivity contribution in [3.05, 3.63) is 50.9 Å². The molecule has 2 rings (SSSR count). The molecule has 0 aliphatic heterocycles. The zero-order chi connectivity index (χ0) is 13.3. The summed E-state index contributed by atoms with van der Waals surface area (Å²) in [6.07, 6.45) is 1.77. The highest BCUT2D eigenvalue weighted by Gasteiger charge is 2.13. The number of aryl methyl sites for hydroxylation is 1. The first-order valence-corrected chi connectivity index (χ1v) is 6.64. The second kappa shape index (κ2) is 5.24. The van der Waals surface area contributed by atoms with Crippen molar-refractivity contribution in [3.63, 3.8) is 0 Å². The summed E-state index contributed by atoms with van der Waals surface area (Å²) in [6.45, 7) is 0. The number of hydrogen-bond donors (Lipinski definition) is 1. The molecule has 1 amide bonds. The number of rotatable bonds is 2. The summed E-state index contributed by atoms with van der Waals surface area (Å²) in [5, 5.41) is 2.65. The van der Waals surface area contributed by atoms with E-state index in [1.165, 1.54) is 12.1 Å². The monoisotopic (exact) mass is 374 g/mol. The Morgan fingerprint density at radius 2 is 2.06 bits per heavy atom. The molecule has 0 saturated heterocycles. The predicted octanol–water partition coefficient (Wildman–Crippen LogP) is 3.94. The smallest absolute Gasteiger partial charge is 0.272 e. The molecule has 0 atom stereocenters. The van der Waals surface area contributed by atoms with Crippen molar-refractivity contribution in [2.45, 2.75) is 0 Å². The van der Waals surface area contributed by atoms with Crippen LogP contribution in [0.2, 0.25) is 0 Å². The van der Waals surface area contributed by atoms with E-state index in [1.807, 2.05) is 0 Å². The first kappa shape index (κ1) is 13.3. The van der Waals surface area contributed by atoms with E-state index in [4.69, 9.17) is 0 Å². The molecule has 0 aliphatic rings. The molecule has 0 bridgehead atoms. The van der Waals surface area contributed by atoms with Crippen LogP contribution in [-0.4, -0.2) is 10.5 Å². The second-order valence-electron chi connectivity index (χ2n) is 3.73. The van der Waals surface area contributed by atoms with Crippen molar-refractivity contribution in [1.29, 1.82) is 0 Å². The highest BCUT2D eigenvalue weighted by molar-refractivity contribution is 9.10. The Labute approximate surface area is 120 Å². The number of nitrogens with one attached hydrogen (secondary N) is 1. The number of hydrogen-bond acceptors (Lipinski definition) is 1. The third-order valence-corrected chi connectivity index (χ3v) is 3.51. The van der Waals surface area contributed by atoms with Gasteiger partial charge in [0.05, 0.1) is 5.69 Å². The summed E-state index contributed by atoms with van der Waals surface area (Å²) < 4.78 is 16.2. The average Bonchev–Trinajstić information content (AvgIpc) is 2.63. The number of aromatic nitrogens is 1. The van der Waals surface area contributed by atoms with Crippen LogP contribution in [0, 0.1) is 5.82 Å². The van der Waals surface area contributed by atoms with E-state index in [0.29, 0.717) is 15.9 Å². The van der Waals surface area contributed by atoms with E-state index in [9.17, 15) is 9.18 Å². The zero-order valence-electron chi connectivity index (χ0n) is 9.38. The van der Waals surface area contributed by atoms with Crippen LogP contribution in [0.1, 0.15) is 10.5 Å². The van der Waals surface area contributed by atoms with Gasteiger partial charge in [-0.2, -0.15) is 0 Å². The standard InChI is InChI=1S/C12H9Br2FN2O/c1-17-6-7(13)4-11(17)12(18)16-10-5-8(15)2-3-9(10)14/h2-6H,1H3,(H,16,18). The molecule has 1 aromatic heterocycles. The third-order valence-electron chi connectivity index (χ3n) is 2.38. The largest absolute Gasteiger partial charge is 0.345 e. The molecule has 1 aromatic carbocycles. The molecular weight excluding hydrogens is 367 g/mol. The number of amides is 1. The average molecular weight is 376 g/mol. The number of benzene rings is 1. The second-order valence-corrected chi connectivity index (χ2v) is 5.50. The van der Waals surface area contributed by atoms with E-state index in [2.05, 4.69) is 37.2 Å². The minimum absolute atomic E-state index is 0.297. The maximum atomic E-state index is 13.1. The van der Waals surface area contributed by atoms with Crippen LogP contribution in [0.25, 0.3) is 0 Å². The molecule has 0 saturated carbocycles. The quantitative estimate of drug-likeness (QED) is 0.847. The highest BCUT2D eigenvalue weighted by Crippen LogP contribution is 2.24. The van der Waals surface area contributed by atoms with Gasteiger partial charge in [-0.3, -0.25) is 4.79 Å². The maximum absolute atomic E-state index is 13.1. The van der Waals surface area contributed by atoms with Gasteiger partial charge in [-0.25, -0.2) is 4.39 Å². The lowest BCUT2D eigenvalue weighted by Gasteiger charge is -2.08. The van der Waals surface area contributed by atoms with Gasteiger partial charge in [0.25, 0.3) is 5.91 Å². The topological polar surface area (TPSA) is 34.0 Å². The van der Waals surface area contributed by atoms with Crippen molar-refractivity contribution in [2.75, 3.05) is 5.32 Å². The highest BCUT2D eigenvalue weighted by atomic mass is 79.9. The van der Waals surface area contributed by atoms with Crippen LogP contribution in [0.4, 0.5) is 10.1 Å². The Bertz CT molecular complexity index is 610. The van der Waals surface area contributed by atoms with E-state index >= 15 is 0 Å². The Kier molecular flexibility index (Phi) is 3.87. The van der Waals surface area contributed by atoms with Gasteiger partial charge >= 0.3 is 0 Å². The first-order valence-electron chi connectivity index (χ1n) is 5.05. The Balaban J connectivity index is 2.26. The summed E-state index contributed by atoms with van der Waals surface area (Å²) in [4.78, 5) is 12.0. The van der Waals surface area contributed by atoms with Crippen LogP contribution < -0.4 is 5.32 Å². The number of anilines is 1. The van der Waals surface area contributed by atoms with Gasteiger partial charge in [0.15, 0.2) is 0 Å². The van der Waals surface area contributed by atoms with E-state index < -0.39 is 5.82 Å². The molecule has 2 aromatic rings. The lowest BCUT2D eigenvalue weighted by Crippen LogP contribution is -2.15. The van der Waals surface area contributed by atoms with E-state index in [0.717, 1.165) is 4.47 Å².